The second kappa shape index (κ2) is 11.6. The molecule has 192 valence electrons. The van der Waals surface area contributed by atoms with Gasteiger partial charge in [0.05, 0.1) is 35.7 Å². The van der Waals surface area contributed by atoms with Crippen LogP contribution in [0.4, 0.5) is 14.5 Å². The van der Waals surface area contributed by atoms with Gasteiger partial charge in [-0.05, 0) is 37.3 Å². The Kier molecular flexibility index (Phi) is 9.05. The molecule has 35 heavy (non-hydrogen) atoms. The van der Waals surface area contributed by atoms with Crippen LogP contribution in [0.15, 0.2) is 36.4 Å². The third-order valence-electron chi connectivity index (χ3n) is 5.92. The molecule has 0 aliphatic carbocycles. The highest BCUT2D eigenvalue weighted by molar-refractivity contribution is 7.92. The van der Waals surface area contributed by atoms with Crippen molar-refractivity contribution in [2.24, 2.45) is 0 Å². The van der Waals surface area contributed by atoms with Gasteiger partial charge in [0, 0.05) is 38.3 Å². The van der Waals surface area contributed by atoms with Gasteiger partial charge in [0.1, 0.15) is 17.9 Å². The van der Waals surface area contributed by atoms with E-state index >= 15 is 0 Å². The molecule has 3 rings (SSSR count). The first-order valence-electron chi connectivity index (χ1n) is 11.0. The number of ether oxygens (including phenoxy) is 1. The van der Waals surface area contributed by atoms with Crippen LogP contribution in [-0.4, -0.2) is 81.1 Å². The van der Waals surface area contributed by atoms with Gasteiger partial charge in [0.2, 0.25) is 10.0 Å². The first-order chi connectivity index (χ1) is 16.5. The van der Waals surface area contributed by atoms with Crippen LogP contribution in [0.1, 0.15) is 22.8 Å². The number of rotatable bonds is 9. The van der Waals surface area contributed by atoms with Gasteiger partial charge in [-0.15, -0.1) is 0 Å². The van der Waals surface area contributed by atoms with Gasteiger partial charge in [0.25, 0.3) is 0 Å². The van der Waals surface area contributed by atoms with E-state index in [0.29, 0.717) is 26.2 Å². The summed E-state index contributed by atoms with van der Waals surface area (Å²) in [5.41, 5.74) is 0.100. The number of aliphatic hydroxyl groups is 1. The zero-order valence-electron chi connectivity index (χ0n) is 19.5. The highest BCUT2D eigenvalue weighted by Crippen LogP contribution is 2.27. The van der Waals surface area contributed by atoms with E-state index in [0.717, 1.165) is 16.4 Å². The summed E-state index contributed by atoms with van der Waals surface area (Å²) in [6.07, 6.45) is -0.569. The molecule has 0 bridgehead atoms. The molecule has 1 unspecified atom stereocenters. The summed E-state index contributed by atoms with van der Waals surface area (Å²) in [5.74, 6) is -2.48. The summed E-state index contributed by atoms with van der Waals surface area (Å²) in [6, 6.07) is 7.12. The zero-order chi connectivity index (χ0) is 25.8. The Morgan fingerprint density at radius 1 is 1.14 bits per heavy atom. The number of benzene rings is 2. The maximum absolute atomic E-state index is 14.8. The van der Waals surface area contributed by atoms with Gasteiger partial charge in [0.15, 0.2) is 0 Å². The van der Waals surface area contributed by atoms with Crippen molar-refractivity contribution in [2.45, 2.75) is 19.7 Å². The predicted octanol–water partition coefficient (Wildman–Crippen LogP) is 2.70. The van der Waals surface area contributed by atoms with Crippen molar-refractivity contribution in [3.63, 3.8) is 0 Å². The number of esters is 1. The largest absolute Gasteiger partial charge is 0.465 e. The molecule has 0 aromatic heterocycles. The average molecular weight is 532 g/mol. The molecule has 0 radical (unpaired) electrons. The number of carbonyl (C=O) groups is 1. The SMILES string of the molecule is COC(=O)c1ccc(CN(c2ccc(F)c(Cl)c2)S(=O)(=O)CCN2CCN(C(C)O)CC2)c(F)c1. The number of sulfonamides is 1. The lowest BCUT2D eigenvalue weighted by molar-refractivity contribution is -0.0116. The van der Waals surface area contributed by atoms with Crippen LogP contribution in [0.25, 0.3) is 0 Å². The van der Waals surface area contributed by atoms with E-state index in [-0.39, 0.29) is 40.7 Å². The van der Waals surface area contributed by atoms with Gasteiger partial charge in [-0.25, -0.2) is 22.0 Å². The van der Waals surface area contributed by atoms with Crippen LogP contribution in [0, 0.1) is 11.6 Å². The number of nitrogens with zero attached hydrogens (tertiary/aromatic N) is 3. The fourth-order valence-corrected chi connectivity index (χ4v) is 5.44. The molecule has 0 saturated carbocycles. The number of halogens is 3. The molecule has 1 aliphatic rings. The summed E-state index contributed by atoms with van der Waals surface area (Å²) in [5, 5.41) is 9.43. The highest BCUT2D eigenvalue weighted by Gasteiger charge is 2.27. The summed E-state index contributed by atoms with van der Waals surface area (Å²) in [6.45, 7) is 3.92. The van der Waals surface area contributed by atoms with Gasteiger partial charge < -0.3 is 9.84 Å². The molecule has 8 nitrogen and oxygen atoms in total. The minimum atomic E-state index is -3.99. The molecule has 1 heterocycles. The zero-order valence-corrected chi connectivity index (χ0v) is 21.0. The molecular weight excluding hydrogens is 504 g/mol. The third kappa shape index (κ3) is 6.89. The van der Waals surface area contributed by atoms with Gasteiger partial charge >= 0.3 is 5.97 Å². The minimum Gasteiger partial charge on any atom is -0.465 e. The number of hydrogen-bond donors (Lipinski definition) is 1. The van der Waals surface area contributed by atoms with Crippen molar-refractivity contribution in [1.82, 2.24) is 9.80 Å². The van der Waals surface area contributed by atoms with Crippen LogP contribution < -0.4 is 4.31 Å². The fraction of sp³-hybridized carbons (Fsp3) is 0.435. The predicted molar refractivity (Wildman–Crippen MR) is 129 cm³/mol. The molecule has 0 spiro atoms. The number of methoxy groups -OCH3 is 1. The van der Waals surface area contributed by atoms with Crippen LogP contribution in [0.2, 0.25) is 5.02 Å². The first-order valence-corrected chi connectivity index (χ1v) is 13.0. The number of hydrogen-bond acceptors (Lipinski definition) is 7. The highest BCUT2D eigenvalue weighted by atomic mass is 35.5. The molecule has 0 amide bonds. The summed E-state index contributed by atoms with van der Waals surface area (Å²) in [7, 11) is -2.82. The maximum Gasteiger partial charge on any atom is 0.337 e. The van der Waals surface area contributed by atoms with E-state index < -0.39 is 33.9 Å². The Morgan fingerprint density at radius 2 is 1.83 bits per heavy atom. The topological polar surface area (TPSA) is 90.4 Å². The van der Waals surface area contributed by atoms with E-state index in [2.05, 4.69) is 4.74 Å². The Morgan fingerprint density at radius 3 is 2.40 bits per heavy atom. The number of aliphatic hydroxyl groups excluding tert-OH is 1. The standard InChI is InChI=1S/C23H28ClF2N3O5S/c1-16(30)28-9-7-27(8-10-28)11-12-35(32,33)29(19-5-6-21(25)20(24)14-19)15-18-4-3-17(13-22(18)26)23(31)34-2/h3-6,13-14,16,30H,7-12,15H2,1-2H3. The van der Waals surface area contributed by atoms with Crippen molar-refractivity contribution in [3.8, 4) is 0 Å². The Labute approximate surface area is 208 Å². The van der Waals surface area contributed by atoms with E-state index in [1.54, 1.807) is 6.92 Å². The van der Waals surface area contributed by atoms with Crippen molar-refractivity contribution in [2.75, 3.05) is 49.9 Å². The number of piperazine rings is 1. The van der Waals surface area contributed by atoms with Crippen LogP contribution in [-0.2, 0) is 21.3 Å². The molecule has 1 fully saturated rings. The third-order valence-corrected chi connectivity index (χ3v) is 7.92. The van der Waals surface area contributed by atoms with Crippen molar-refractivity contribution in [3.05, 3.63) is 64.2 Å². The lowest BCUT2D eigenvalue weighted by atomic mass is 10.1. The molecule has 1 saturated heterocycles. The van der Waals surface area contributed by atoms with E-state index in [1.165, 1.54) is 31.4 Å². The Hall–Kier alpha value is -2.31. The Balaban J connectivity index is 1.83. The normalized spacial score (nSPS) is 16.2. The number of carbonyl (C=O) groups excluding carboxylic acids is 1. The Bertz CT molecular complexity index is 1160. The molecule has 1 aliphatic heterocycles. The summed E-state index contributed by atoms with van der Waals surface area (Å²) in [4.78, 5) is 15.5. The van der Waals surface area contributed by atoms with Crippen LogP contribution >= 0.6 is 11.6 Å². The summed E-state index contributed by atoms with van der Waals surface area (Å²) < 4.78 is 60.9. The molecule has 2 aromatic carbocycles. The van der Waals surface area contributed by atoms with Gasteiger partial charge in [-0.2, -0.15) is 0 Å². The van der Waals surface area contributed by atoms with E-state index in [4.69, 9.17) is 11.6 Å². The second-order valence-electron chi connectivity index (χ2n) is 8.23. The number of anilines is 1. The first kappa shape index (κ1) is 27.3. The van der Waals surface area contributed by atoms with Crippen molar-refractivity contribution < 1.29 is 31.8 Å². The molecule has 1 atom stereocenters. The second-order valence-corrected chi connectivity index (χ2v) is 10.6. The van der Waals surface area contributed by atoms with Gasteiger partial charge in [-0.1, -0.05) is 17.7 Å². The average Bonchev–Trinajstić information content (AvgIpc) is 2.83. The van der Waals surface area contributed by atoms with E-state index in [1.807, 2.05) is 9.80 Å². The molecule has 2 aromatic rings. The minimum absolute atomic E-state index is 0.00989. The van der Waals surface area contributed by atoms with E-state index in [9.17, 15) is 27.1 Å². The quantitative estimate of drug-likeness (QED) is 0.498. The monoisotopic (exact) mass is 531 g/mol. The van der Waals surface area contributed by atoms with Crippen LogP contribution in [0.5, 0.6) is 0 Å². The van der Waals surface area contributed by atoms with Crippen LogP contribution in [0.3, 0.4) is 0 Å². The van der Waals surface area contributed by atoms with Crippen molar-refractivity contribution >= 4 is 33.3 Å². The fourth-order valence-electron chi connectivity index (χ4n) is 3.78. The molecule has 12 heteroatoms. The van der Waals surface area contributed by atoms with Crippen molar-refractivity contribution in [1.29, 1.82) is 0 Å². The summed E-state index contributed by atoms with van der Waals surface area (Å²) >= 11 is 5.90. The maximum atomic E-state index is 14.8. The lowest BCUT2D eigenvalue weighted by Crippen LogP contribution is -2.50. The molecular formula is C23H28ClF2N3O5S. The lowest BCUT2D eigenvalue weighted by Gasteiger charge is -2.36. The van der Waals surface area contributed by atoms with Gasteiger partial charge in [-0.3, -0.25) is 14.1 Å². The molecule has 1 N–H and O–H groups in total. The smallest absolute Gasteiger partial charge is 0.337 e.